The standard InChI is InChI=1S/C20H21ClN4O3S/c1-3-28-17-9-11-18(12-10-17)29(26,27)24-22-13-19-15(2)23-25(20(19)21)14-16-7-5-4-6-8-16/h4-13,24H,3,14H2,1-2H3/b22-13-. The number of benzene rings is 2. The molecule has 3 rings (SSSR count). The molecular formula is C20H21ClN4O3S. The Balaban J connectivity index is 1.72. The van der Waals surface area contributed by atoms with Gasteiger partial charge in [-0.1, -0.05) is 41.9 Å². The summed E-state index contributed by atoms with van der Waals surface area (Å²) in [6.45, 7) is 4.66. The van der Waals surface area contributed by atoms with Gasteiger partial charge in [-0.3, -0.25) is 0 Å². The predicted octanol–water partition coefficient (Wildman–Crippen LogP) is 3.60. The van der Waals surface area contributed by atoms with Gasteiger partial charge in [-0.2, -0.15) is 18.6 Å². The fraction of sp³-hybridized carbons (Fsp3) is 0.200. The number of hydrogen-bond donors (Lipinski definition) is 1. The normalized spacial score (nSPS) is 11.7. The molecule has 2 aromatic carbocycles. The first kappa shape index (κ1) is 20.9. The van der Waals surface area contributed by atoms with Crippen molar-refractivity contribution in [3.05, 3.63) is 76.6 Å². The lowest BCUT2D eigenvalue weighted by Gasteiger charge is -2.06. The smallest absolute Gasteiger partial charge is 0.276 e. The molecule has 0 saturated carbocycles. The molecule has 9 heteroatoms. The minimum Gasteiger partial charge on any atom is -0.494 e. The lowest BCUT2D eigenvalue weighted by molar-refractivity contribution is 0.340. The average Bonchev–Trinajstić information content (AvgIpc) is 2.97. The highest BCUT2D eigenvalue weighted by atomic mass is 35.5. The lowest BCUT2D eigenvalue weighted by Crippen LogP contribution is -2.18. The molecule has 0 aliphatic heterocycles. The van der Waals surface area contributed by atoms with Crippen LogP contribution in [0.5, 0.6) is 5.75 Å². The Kier molecular flexibility index (Phi) is 6.56. The maximum atomic E-state index is 12.4. The van der Waals surface area contributed by atoms with Crippen molar-refractivity contribution in [3.63, 3.8) is 0 Å². The van der Waals surface area contributed by atoms with Gasteiger partial charge < -0.3 is 4.74 Å². The van der Waals surface area contributed by atoms with Crippen LogP contribution < -0.4 is 9.57 Å². The van der Waals surface area contributed by atoms with E-state index in [1.165, 1.54) is 18.3 Å². The van der Waals surface area contributed by atoms with Gasteiger partial charge in [-0.05, 0) is 43.7 Å². The molecule has 1 N–H and O–H groups in total. The molecule has 0 saturated heterocycles. The van der Waals surface area contributed by atoms with Crippen molar-refractivity contribution in [3.8, 4) is 5.75 Å². The van der Waals surface area contributed by atoms with Gasteiger partial charge in [0.2, 0.25) is 0 Å². The number of hydrogen-bond acceptors (Lipinski definition) is 5. The fourth-order valence-electron chi connectivity index (χ4n) is 2.67. The molecule has 0 atom stereocenters. The van der Waals surface area contributed by atoms with Gasteiger partial charge in [-0.15, -0.1) is 0 Å². The summed E-state index contributed by atoms with van der Waals surface area (Å²) in [5.74, 6) is 0.600. The quantitative estimate of drug-likeness (QED) is 0.435. The van der Waals surface area contributed by atoms with Crippen LogP contribution in [-0.2, 0) is 16.6 Å². The highest BCUT2D eigenvalue weighted by molar-refractivity contribution is 7.89. The molecular weight excluding hydrogens is 412 g/mol. The van der Waals surface area contributed by atoms with Gasteiger partial charge in [0, 0.05) is 0 Å². The van der Waals surface area contributed by atoms with E-state index in [4.69, 9.17) is 16.3 Å². The van der Waals surface area contributed by atoms with E-state index in [0.717, 1.165) is 5.56 Å². The fourth-order valence-corrected chi connectivity index (χ4v) is 3.74. The molecule has 0 unspecified atom stereocenters. The number of hydrazone groups is 1. The van der Waals surface area contributed by atoms with Crippen LogP contribution in [-0.4, -0.2) is 31.0 Å². The van der Waals surface area contributed by atoms with E-state index >= 15 is 0 Å². The van der Waals surface area contributed by atoms with Crippen LogP contribution in [0.2, 0.25) is 5.15 Å². The van der Waals surface area contributed by atoms with Gasteiger partial charge in [0.05, 0.1) is 35.5 Å². The van der Waals surface area contributed by atoms with Crippen molar-refractivity contribution in [2.24, 2.45) is 5.10 Å². The third-order valence-electron chi connectivity index (χ3n) is 4.10. The summed E-state index contributed by atoms with van der Waals surface area (Å²) < 4.78 is 31.7. The second-order valence-electron chi connectivity index (χ2n) is 6.19. The van der Waals surface area contributed by atoms with Crippen LogP contribution in [0, 0.1) is 6.92 Å². The summed E-state index contributed by atoms with van der Waals surface area (Å²) in [5.41, 5.74) is 2.25. The van der Waals surface area contributed by atoms with E-state index in [1.807, 2.05) is 37.3 Å². The van der Waals surface area contributed by atoms with E-state index in [9.17, 15) is 8.42 Å². The molecule has 0 aliphatic carbocycles. The monoisotopic (exact) mass is 432 g/mol. The first-order chi connectivity index (χ1) is 13.9. The molecule has 152 valence electrons. The van der Waals surface area contributed by atoms with E-state index in [-0.39, 0.29) is 4.90 Å². The molecule has 0 bridgehead atoms. The SMILES string of the molecule is CCOc1ccc(S(=O)(=O)N/N=C\c2c(C)nn(Cc3ccccc3)c2Cl)cc1. The average molecular weight is 433 g/mol. The summed E-state index contributed by atoms with van der Waals surface area (Å²) >= 11 is 6.41. The second kappa shape index (κ2) is 9.11. The maximum Gasteiger partial charge on any atom is 0.276 e. The Morgan fingerprint density at radius 1 is 1.17 bits per heavy atom. The molecule has 0 fully saturated rings. The Bertz CT molecular complexity index is 1090. The minimum atomic E-state index is -3.80. The maximum absolute atomic E-state index is 12.4. The van der Waals surface area contributed by atoms with Gasteiger partial charge in [0.1, 0.15) is 10.9 Å². The summed E-state index contributed by atoms with van der Waals surface area (Å²) in [4.78, 5) is 2.28. The number of ether oxygens (including phenoxy) is 1. The molecule has 0 amide bonds. The number of aryl methyl sites for hydroxylation is 1. The number of rotatable bonds is 8. The molecule has 1 heterocycles. The van der Waals surface area contributed by atoms with Crippen LogP contribution in [0.15, 0.2) is 64.6 Å². The Morgan fingerprint density at radius 2 is 1.86 bits per heavy atom. The molecule has 0 radical (unpaired) electrons. The van der Waals surface area contributed by atoms with Gasteiger partial charge in [0.25, 0.3) is 10.0 Å². The number of halogens is 1. The highest BCUT2D eigenvalue weighted by Gasteiger charge is 2.15. The number of nitrogens with one attached hydrogen (secondary N) is 1. The van der Waals surface area contributed by atoms with E-state index in [2.05, 4.69) is 15.0 Å². The van der Waals surface area contributed by atoms with Crippen LogP contribution >= 0.6 is 11.6 Å². The van der Waals surface area contributed by atoms with Crippen molar-refractivity contribution < 1.29 is 13.2 Å². The lowest BCUT2D eigenvalue weighted by atomic mass is 10.2. The van der Waals surface area contributed by atoms with Crippen LogP contribution in [0.3, 0.4) is 0 Å². The number of aromatic nitrogens is 2. The largest absolute Gasteiger partial charge is 0.494 e. The van der Waals surface area contributed by atoms with E-state index < -0.39 is 10.0 Å². The molecule has 1 aromatic heterocycles. The van der Waals surface area contributed by atoms with Crippen molar-refractivity contribution in [2.45, 2.75) is 25.3 Å². The third-order valence-corrected chi connectivity index (χ3v) is 5.73. The molecule has 0 spiro atoms. The zero-order chi connectivity index (χ0) is 20.9. The number of nitrogens with zero attached hydrogens (tertiary/aromatic N) is 3. The Morgan fingerprint density at radius 3 is 2.52 bits per heavy atom. The zero-order valence-electron chi connectivity index (χ0n) is 16.0. The predicted molar refractivity (Wildman–Crippen MR) is 113 cm³/mol. The molecule has 0 aliphatic rings. The van der Waals surface area contributed by atoms with Gasteiger partial charge >= 0.3 is 0 Å². The molecule has 29 heavy (non-hydrogen) atoms. The summed E-state index contributed by atoms with van der Waals surface area (Å²) in [7, 11) is -3.80. The van der Waals surface area contributed by atoms with E-state index in [0.29, 0.717) is 35.3 Å². The second-order valence-corrected chi connectivity index (χ2v) is 8.21. The summed E-state index contributed by atoms with van der Waals surface area (Å²) in [5, 5.41) is 8.65. The van der Waals surface area contributed by atoms with Crippen molar-refractivity contribution in [1.29, 1.82) is 0 Å². The van der Waals surface area contributed by atoms with Crippen molar-refractivity contribution in [2.75, 3.05) is 6.61 Å². The highest BCUT2D eigenvalue weighted by Crippen LogP contribution is 2.19. The summed E-state index contributed by atoms with van der Waals surface area (Å²) in [6, 6.07) is 15.9. The van der Waals surface area contributed by atoms with Crippen LogP contribution in [0.4, 0.5) is 0 Å². The Labute approximate surface area is 175 Å². The van der Waals surface area contributed by atoms with E-state index in [1.54, 1.807) is 23.7 Å². The van der Waals surface area contributed by atoms with Crippen molar-refractivity contribution in [1.82, 2.24) is 14.6 Å². The van der Waals surface area contributed by atoms with Crippen LogP contribution in [0.25, 0.3) is 0 Å². The zero-order valence-corrected chi connectivity index (χ0v) is 17.6. The third kappa shape index (κ3) is 5.16. The van der Waals surface area contributed by atoms with Crippen LogP contribution in [0.1, 0.15) is 23.7 Å². The number of sulfonamides is 1. The Hall–Kier alpha value is -2.84. The molecule has 3 aromatic rings. The van der Waals surface area contributed by atoms with Crippen molar-refractivity contribution >= 4 is 27.8 Å². The van der Waals surface area contributed by atoms with Gasteiger partial charge in [-0.25, -0.2) is 9.51 Å². The minimum absolute atomic E-state index is 0.0840. The topological polar surface area (TPSA) is 85.6 Å². The first-order valence-corrected chi connectivity index (χ1v) is 10.8. The summed E-state index contributed by atoms with van der Waals surface area (Å²) in [6.07, 6.45) is 1.36. The molecule has 7 nitrogen and oxygen atoms in total. The van der Waals surface area contributed by atoms with Gasteiger partial charge in [0.15, 0.2) is 0 Å². The first-order valence-electron chi connectivity index (χ1n) is 8.95.